The SMILES string of the molecule is CCCNCC(CCCC1CCCO1)c1ccccc1C. The largest absolute Gasteiger partial charge is 0.378 e. The quantitative estimate of drug-likeness (QED) is 0.679. The van der Waals surface area contributed by atoms with Crippen LogP contribution >= 0.6 is 0 Å². The van der Waals surface area contributed by atoms with E-state index in [2.05, 4.69) is 43.4 Å². The van der Waals surface area contributed by atoms with E-state index in [1.165, 1.54) is 49.7 Å². The Kier molecular flexibility index (Phi) is 7.25. The van der Waals surface area contributed by atoms with Crippen molar-refractivity contribution >= 4 is 0 Å². The molecule has 1 aromatic carbocycles. The third-order valence-corrected chi connectivity index (χ3v) is 4.55. The second-order valence-corrected chi connectivity index (χ2v) is 6.32. The maximum Gasteiger partial charge on any atom is 0.0576 e. The van der Waals surface area contributed by atoms with Gasteiger partial charge in [-0.05, 0) is 62.6 Å². The Bertz CT molecular complexity index is 398. The van der Waals surface area contributed by atoms with Crippen LogP contribution in [0, 0.1) is 6.92 Å². The van der Waals surface area contributed by atoms with Crippen LogP contribution in [0.5, 0.6) is 0 Å². The summed E-state index contributed by atoms with van der Waals surface area (Å²) in [4.78, 5) is 0. The number of hydrogen-bond donors (Lipinski definition) is 1. The molecule has 0 amide bonds. The molecule has 1 N–H and O–H groups in total. The average molecular weight is 289 g/mol. The Morgan fingerprint density at radius 3 is 2.90 bits per heavy atom. The zero-order valence-electron chi connectivity index (χ0n) is 13.7. The summed E-state index contributed by atoms with van der Waals surface area (Å²) >= 11 is 0. The summed E-state index contributed by atoms with van der Waals surface area (Å²) in [6, 6.07) is 8.86. The molecular weight excluding hydrogens is 258 g/mol. The molecule has 2 atom stereocenters. The summed E-state index contributed by atoms with van der Waals surface area (Å²) in [6.07, 6.45) is 8.03. The molecule has 0 radical (unpaired) electrons. The smallest absolute Gasteiger partial charge is 0.0576 e. The van der Waals surface area contributed by atoms with Crippen LogP contribution in [-0.2, 0) is 4.74 Å². The molecule has 118 valence electrons. The third-order valence-electron chi connectivity index (χ3n) is 4.55. The summed E-state index contributed by atoms with van der Waals surface area (Å²) in [7, 11) is 0. The van der Waals surface area contributed by atoms with Crippen molar-refractivity contribution in [3.8, 4) is 0 Å². The second-order valence-electron chi connectivity index (χ2n) is 6.32. The van der Waals surface area contributed by atoms with Crippen LogP contribution in [0.15, 0.2) is 24.3 Å². The van der Waals surface area contributed by atoms with Gasteiger partial charge in [0.15, 0.2) is 0 Å². The fourth-order valence-corrected chi connectivity index (χ4v) is 3.33. The molecule has 0 aliphatic carbocycles. The van der Waals surface area contributed by atoms with Gasteiger partial charge in [0.25, 0.3) is 0 Å². The van der Waals surface area contributed by atoms with Crippen molar-refractivity contribution in [1.82, 2.24) is 5.32 Å². The van der Waals surface area contributed by atoms with E-state index < -0.39 is 0 Å². The Labute approximate surface area is 130 Å². The van der Waals surface area contributed by atoms with Crippen LogP contribution in [-0.4, -0.2) is 25.8 Å². The van der Waals surface area contributed by atoms with Crippen molar-refractivity contribution < 1.29 is 4.74 Å². The minimum Gasteiger partial charge on any atom is -0.378 e. The van der Waals surface area contributed by atoms with Gasteiger partial charge in [-0.1, -0.05) is 37.6 Å². The highest BCUT2D eigenvalue weighted by atomic mass is 16.5. The Morgan fingerprint density at radius 2 is 2.19 bits per heavy atom. The summed E-state index contributed by atoms with van der Waals surface area (Å²) in [5.41, 5.74) is 2.95. The highest BCUT2D eigenvalue weighted by Gasteiger charge is 2.17. The minimum absolute atomic E-state index is 0.533. The van der Waals surface area contributed by atoms with Gasteiger partial charge in [0, 0.05) is 13.2 Å². The molecule has 2 rings (SSSR count). The van der Waals surface area contributed by atoms with Gasteiger partial charge in [-0.15, -0.1) is 0 Å². The lowest BCUT2D eigenvalue weighted by Gasteiger charge is -2.21. The molecule has 21 heavy (non-hydrogen) atoms. The summed E-state index contributed by atoms with van der Waals surface area (Å²) in [5.74, 6) is 0.638. The number of nitrogens with one attached hydrogen (secondary N) is 1. The van der Waals surface area contributed by atoms with Crippen molar-refractivity contribution in [2.75, 3.05) is 19.7 Å². The normalized spacial score (nSPS) is 19.8. The van der Waals surface area contributed by atoms with E-state index >= 15 is 0 Å². The molecule has 1 saturated heterocycles. The van der Waals surface area contributed by atoms with Crippen molar-refractivity contribution in [3.63, 3.8) is 0 Å². The first kappa shape index (κ1) is 16.5. The highest BCUT2D eigenvalue weighted by Crippen LogP contribution is 2.26. The standard InChI is InChI=1S/C19H31NO/c1-3-13-20-15-17(19-12-5-4-8-16(19)2)9-6-10-18-11-7-14-21-18/h4-5,8,12,17-18,20H,3,6-7,9-11,13-15H2,1-2H3. The van der Waals surface area contributed by atoms with Gasteiger partial charge in [-0.2, -0.15) is 0 Å². The Hall–Kier alpha value is -0.860. The van der Waals surface area contributed by atoms with Gasteiger partial charge in [0.2, 0.25) is 0 Å². The molecule has 1 aromatic rings. The lowest BCUT2D eigenvalue weighted by Crippen LogP contribution is -2.23. The summed E-state index contributed by atoms with van der Waals surface area (Å²) < 4.78 is 5.75. The highest BCUT2D eigenvalue weighted by molar-refractivity contribution is 5.29. The average Bonchev–Trinajstić information content (AvgIpc) is 3.00. The Morgan fingerprint density at radius 1 is 1.33 bits per heavy atom. The first-order valence-electron chi connectivity index (χ1n) is 8.69. The van der Waals surface area contributed by atoms with E-state index in [0.717, 1.165) is 19.7 Å². The van der Waals surface area contributed by atoms with Gasteiger partial charge < -0.3 is 10.1 Å². The fraction of sp³-hybridized carbons (Fsp3) is 0.684. The summed E-state index contributed by atoms with van der Waals surface area (Å²) in [6.45, 7) is 7.66. The molecule has 2 nitrogen and oxygen atoms in total. The Balaban J connectivity index is 1.86. The van der Waals surface area contributed by atoms with Crippen molar-refractivity contribution in [1.29, 1.82) is 0 Å². The van der Waals surface area contributed by atoms with Gasteiger partial charge in [-0.25, -0.2) is 0 Å². The molecule has 0 saturated carbocycles. The van der Waals surface area contributed by atoms with Crippen molar-refractivity contribution in [2.45, 2.75) is 64.4 Å². The van der Waals surface area contributed by atoms with E-state index in [0.29, 0.717) is 12.0 Å². The molecule has 2 unspecified atom stereocenters. The van der Waals surface area contributed by atoms with E-state index in [4.69, 9.17) is 4.74 Å². The lowest BCUT2D eigenvalue weighted by atomic mass is 9.89. The van der Waals surface area contributed by atoms with Gasteiger partial charge in [-0.3, -0.25) is 0 Å². The number of rotatable bonds is 9. The monoisotopic (exact) mass is 289 g/mol. The molecule has 1 fully saturated rings. The van der Waals surface area contributed by atoms with Crippen LogP contribution in [0.3, 0.4) is 0 Å². The predicted octanol–water partition coefficient (Wildman–Crippen LogP) is 4.43. The van der Waals surface area contributed by atoms with E-state index in [-0.39, 0.29) is 0 Å². The van der Waals surface area contributed by atoms with Crippen LogP contribution in [0.1, 0.15) is 62.5 Å². The molecule has 0 aromatic heterocycles. The zero-order valence-corrected chi connectivity index (χ0v) is 13.7. The number of hydrogen-bond acceptors (Lipinski definition) is 2. The van der Waals surface area contributed by atoms with Crippen LogP contribution in [0.25, 0.3) is 0 Å². The van der Waals surface area contributed by atoms with Gasteiger partial charge in [0.05, 0.1) is 6.10 Å². The molecule has 0 spiro atoms. The van der Waals surface area contributed by atoms with E-state index in [1.807, 2.05) is 0 Å². The van der Waals surface area contributed by atoms with Crippen LogP contribution < -0.4 is 5.32 Å². The van der Waals surface area contributed by atoms with Crippen molar-refractivity contribution in [2.24, 2.45) is 0 Å². The molecule has 0 bridgehead atoms. The maximum atomic E-state index is 5.75. The fourth-order valence-electron chi connectivity index (χ4n) is 3.33. The number of aryl methyl sites for hydroxylation is 1. The second kappa shape index (κ2) is 9.22. The third kappa shape index (κ3) is 5.44. The predicted molar refractivity (Wildman–Crippen MR) is 89.9 cm³/mol. The molecule has 1 heterocycles. The first-order chi connectivity index (χ1) is 10.3. The first-order valence-corrected chi connectivity index (χ1v) is 8.69. The van der Waals surface area contributed by atoms with E-state index in [9.17, 15) is 0 Å². The minimum atomic E-state index is 0.533. The zero-order chi connectivity index (χ0) is 14.9. The molecule has 1 aliphatic rings. The lowest BCUT2D eigenvalue weighted by molar-refractivity contribution is 0.101. The molecule has 1 aliphatic heterocycles. The van der Waals surface area contributed by atoms with Gasteiger partial charge in [0.1, 0.15) is 0 Å². The topological polar surface area (TPSA) is 21.3 Å². The van der Waals surface area contributed by atoms with Crippen molar-refractivity contribution in [3.05, 3.63) is 35.4 Å². The number of ether oxygens (including phenoxy) is 1. The maximum absolute atomic E-state index is 5.75. The number of benzene rings is 1. The summed E-state index contributed by atoms with van der Waals surface area (Å²) in [5, 5.41) is 3.61. The molecular formula is C19H31NO. The van der Waals surface area contributed by atoms with E-state index in [1.54, 1.807) is 0 Å². The van der Waals surface area contributed by atoms with Crippen LogP contribution in [0.4, 0.5) is 0 Å². The molecule has 2 heteroatoms. The van der Waals surface area contributed by atoms with Crippen LogP contribution in [0.2, 0.25) is 0 Å². The van der Waals surface area contributed by atoms with Gasteiger partial charge >= 0.3 is 0 Å².